The molecule has 0 bridgehead atoms. The second-order valence-corrected chi connectivity index (χ2v) is 5.99. The zero-order valence-electron chi connectivity index (χ0n) is 11.9. The van der Waals surface area contributed by atoms with Crippen LogP contribution >= 0.6 is 11.6 Å². The van der Waals surface area contributed by atoms with Gasteiger partial charge in [0.2, 0.25) is 0 Å². The lowest BCUT2D eigenvalue weighted by Crippen LogP contribution is -2.41. The molecule has 1 aliphatic rings. The number of hydrogen-bond donors (Lipinski definition) is 1. The van der Waals surface area contributed by atoms with Gasteiger partial charge in [-0.05, 0) is 45.9 Å². The summed E-state index contributed by atoms with van der Waals surface area (Å²) in [5, 5.41) is 3.65. The first-order chi connectivity index (χ1) is 8.75. The lowest BCUT2D eigenvalue weighted by Gasteiger charge is -2.31. The van der Waals surface area contributed by atoms with Gasteiger partial charge in [0.25, 0.3) is 0 Å². The molecule has 0 spiro atoms. The Kier molecular flexibility index (Phi) is 3.73. The van der Waals surface area contributed by atoms with Crippen molar-refractivity contribution in [3.63, 3.8) is 0 Å². The molecule has 1 N–H and O–H groups in total. The summed E-state index contributed by atoms with van der Waals surface area (Å²) in [7, 11) is 1.08. The first-order valence-corrected chi connectivity index (χ1v) is 6.62. The van der Waals surface area contributed by atoms with Crippen molar-refractivity contribution in [3.05, 3.63) is 23.2 Å². The highest BCUT2D eigenvalue weighted by atomic mass is 35.5. The molecule has 1 aromatic carbocycles. The summed E-state index contributed by atoms with van der Waals surface area (Å²) in [5.41, 5.74) is -0.00866. The molecule has 1 aromatic rings. The van der Waals surface area contributed by atoms with Crippen LogP contribution in [0.2, 0.25) is 5.02 Å². The predicted molar refractivity (Wildman–Crippen MR) is 77.7 cm³/mol. The Morgan fingerprint density at radius 2 is 1.74 bits per heavy atom. The average molecular weight is 284 g/mol. The molecule has 104 valence electrons. The van der Waals surface area contributed by atoms with Crippen LogP contribution < -0.4 is 9.97 Å². The van der Waals surface area contributed by atoms with Crippen molar-refractivity contribution in [1.29, 1.82) is 0 Å². The quantitative estimate of drug-likeness (QED) is 0.864. The molecule has 1 saturated heterocycles. The second-order valence-electron chi connectivity index (χ2n) is 5.55. The molecule has 0 atom stereocenters. The van der Waals surface area contributed by atoms with Crippen molar-refractivity contribution in [2.24, 2.45) is 0 Å². The van der Waals surface area contributed by atoms with E-state index in [2.05, 4.69) is 5.32 Å². The molecule has 1 fully saturated rings. The van der Waals surface area contributed by atoms with Gasteiger partial charge >= 0.3 is 7.32 Å². The van der Waals surface area contributed by atoms with Crippen LogP contribution in [0.1, 0.15) is 27.7 Å². The fourth-order valence-electron chi connectivity index (χ4n) is 1.74. The third-order valence-corrected chi connectivity index (χ3v) is 3.90. The maximum Gasteiger partial charge on any atom is 0.714 e. The van der Waals surface area contributed by atoms with Crippen LogP contribution in [0.15, 0.2) is 18.2 Å². The fourth-order valence-corrected chi connectivity index (χ4v) is 1.90. The van der Waals surface area contributed by atoms with Crippen molar-refractivity contribution < 1.29 is 14.0 Å². The highest BCUT2D eigenvalue weighted by molar-refractivity contribution is 6.39. The monoisotopic (exact) mass is 283 g/mol. The molecule has 2 rings (SSSR count). The lowest BCUT2D eigenvalue weighted by molar-refractivity contribution is 0.00578. The van der Waals surface area contributed by atoms with Gasteiger partial charge in [-0.15, -0.1) is 0 Å². The first-order valence-electron chi connectivity index (χ1n) is 6.25. The van der Waals surface area contributed by atoms with Gasteiger partial charge in [-0.1, -0.05) is 11.6 Å². The third kappa shape index (κ3) is 2.83. The Balaban J connectivity index is 2.17. The van der Waals surface area contributed by atoms with Gasteiger partial charge in [-0.2, -0.15) is 0 Å². The molecule has 1 heterocycles. The van der Waals surface area contributed by atoms with Gasteiger partial charge < -0.3 is 19.3 Å². The lowest BCUT2D eigenvalue weighted by atomic mass is 9.90. The Labute approximate surface area is 119 Å². The van der Waals surface area contributed by atoms with Crippen LogP contribution in [-0.2, 0) is 9.31 Å². The highest BCUT2D eigenvalue weighted by Crippen LogP contribution is 2.38. The van der Waals surface area contributed by atoms with Crippen LogP contribution in [0.3, 0.4) is 0 Å². The summed E-state index contributed by atoms with van der Waals surface area (Å²) in [6.07, 6.45) is 0. The number of nitrogens with one attached hydrogen (secondary N) is 1. The number of benzene rings is 1. The van der Waals surface area contributed by atoms with Gasteiger partial charge in [-0.25, -0.2) is 0 Å². The molecule has 4 nitrogen and oxygen atoms in total. The summed E-state index contributed by atoms with van der Waals surface area (Å²) in [6.45, 7) is 7.92. The van der Waals surface area contributed by atoms with Crippen LogP contribution in [0, 0.1) is 0 Å². The van der Waals surface area contributed by atoms with Gasteiger partial charge in [0.1, 0.15) is 5.75 Å². The second kappa shape index (κ2) is 4.89. The van der Waals surface area contributed by atoms with E-state index in [1.165, 1.54) is 0 Å². The molecule has 0 aromatic heterocycles. The molecular formula is C13H19BClNO3. The minimum absolute atomic E-state index is 0.421. The topological polar surface area (TPSA) is 39.7 Å². The number of anilines is 1. The van der Waals surface area contributed by atoms with Crippen molar-refractivity contribution in [3.8, 4) is 5.75 Å². The van der Waals surface area contributed by atoms with E-state index in [1.807, 2.05) is 40.8 Å². The highest BCUT2D eigenvalue weighted by Gasteiger charge is 2.54. The van der Waals surface area contributed by atoms with Gasteiger partial charge in [0, 0.05) is 12.1 Å². The van der Waals surface area contributed by atoms with Crippen molar-refractivity contribution in [1.82, 2.24) is 0 Å². The molecule has 1 aliphatic heterocycles. The first kappa shape index (κ1) is 14.5. The maximum atomic E-state index is 5.98. The Bertz CT molecular complexity index is 463. The van der Waals surface area contributed by atoms with Gasteiger partial charge in [0.15, 0.2) is 0 Å². The predicted octanol–water partition coefficient (Wildman–Crippen LogP) is 3.35. The van der Waals surface area contributed by atoms with E-state index >= 15 is 0 Å². The Morgan fingerprint density at radius 3 is 2.26 bits per heavy atom. The van der Waals surface area contributed by atoms with Gasteiger partial charge in [-0.3, -0.25) is 0 Å². The van der Waals surface area contributed by atoms with E-state index in [0.717, 1.165) is 5.69 Å². The summed E-state index contributed by atoms with van der Waals surface area (Å²) < 4.78 is 17.3. The smallest absolute Gasteiger partial charge is 0.510 e. The molecule has 0 amide bonds. The van der Waals surface area contributed by atoms with E-state index in [0.29, 0.717) is 10.8 Å². The van der Waals surface area contributed by atoms with Crippen molar-refractivity contribution in [2.75, 3.05) is 12.4 Å². The number of rotatable bonds is 3. The minimum Gasteiger partial charge on any atom is -0.510 e. The fraction of sp³-hybridized carbons (Fsp3) is 0.538. The zero-order chi connectivity index (χ0) is 14.3. The molecule has 0 unspecified atom stereocenters. The SMILES string of the molecule is CNc1ccc(Cl)cc1OB1OC(C)(C)C(C)(C)O1. The number of halogens is 1. The van der Waals surface area contributed by atoms with Crippen molar-refractivity contribution in [2.45, 2.75) is 38.9 Å². The Hall–Kier alpha value is -0.905. The third-order valence-electron chi connectivity index (χ3n) is 3.67. The summed E-state index contributed by atoms with van der Waals surface area (Å²) in [6, 6.07) is 5.38. The van der Waals surface area contributed by atoms with E-state index in [-0.39, 0.29) is 0 Å². The van der Waals surface area contributed by atoms with Crippen LogP contribution in [-0.4, -0.2) is 25.6 Å². The average Bonchev–Trinajstić information content (AvgIpc) is 2.47. The molecule has 0 aliphatic carbocycles. The van der Waals surface area contributed by atoms with E-state index in [9.17, 15) is 0 Å². The van der Waals surface area contributed by atoms with Crippen LogP contribution in [0.4, 0.5) is 5.69 Å². The maximum absolute atomic E-state index is 5.98. The number of hydrogen-bond acceptors (Lipinski definition) is 4. The van der Waals surface area contributed by atoms with E-state index in [1.54, 1.807) is 12.1 Å². The summed E-state index contributed by atoms with van der Waals surface area (Å²) in [4.78, 5) is 0. The summed E-state index contributed by atoms with van der Waals surface area (Å²) in [5.74, 6) is 0.605. The van der Waals surface area contributed by atoms with E-state index in [4.69, 9.17) is 25.6 Å². The molecule has 0 radical (unpaired) electrons. The van der Waals surface area contributed by atoms with E-state index < -0.39 is 18.5 Å². The van der Waals surface area contributed by atoms with Crippen LogP contribution in [0.5, 0.6) is 5.75 Å². The minimum atomic E-state index is -0.740. The Morgan fingerprint density at radius 1 is 1.16 bits per heavy atom. The van der Waals surface area contributed by atoms with Gasteiger partial charge in [0.05, 0.1) is 16.9 Å². The normalized spacial score (nSPS) is 20.4. The molecule has 6 heteroatoms. The largest absolute Gasteiger partial charge is 0.714 e. The molecular weight excluding hydrogens is 264 g/mol. The van der Waals surface area contributed by atoms with Crippen molar-refractivity contribution >= 4 is 24.6 Å². The molecule has 0 saturated carbocycles. The molecule has 19 heavy (non-hydrogen) atoms. The summed E-state index contributed by atoms with van der Waals surface area (Å²) >= 11 is 5.98. The standard InChI is InChI=1S/C13H19BClNO3/c1-12(2)13(3,4)19-14(18-12)17-11-8-9(15)6-7-10(11)16-5/h6-8,16H,1-5H3. The van der Waals surface area contributed by atoms with Crippen LogP contribution in [0.25, 0.3) is 0 Å². The zero-order valence-corrected chi connectivity index (χ0v) is 12.7.